The first-order valence-electron chi connectivity index (χ1n) is 9.10. The van der Waals surface area contributed by atoms with Crippen molar-refractivity contribution in [3.8, 4) is 0 Å². The molecule has 8 atom stereocenters. The van der Waals surface area contributed by atoms with Gasteiger partial charge < -0.3 is 28.8 Å². The van der Waals surface area contributed by atoms with Gasteiger partial charge in [0.2, 0.25) is 0 Å². The van der Waals surface area contributed by atoms with E-state index in [0.717, 1.165) is 12.8 Å². The van der Waals surface area contributed by atoms with Crippen LogP contribution in [0.4, 0.5) is 0 Å². The standard InChI is InChI=1S/C18H28O7/c1-10-13(19)4-8-17(22-10)25-15-6-9-18(23-12(15)3)24-14-5-7-16(20)21-11(14)2/h4,8,10-12,14-18,20H,5-7,9H2,1-3H3/t10-,11-,12-,14-,15-,16?,17-,18-/m0/s1. The van der Waals surface area contributed by atoms with Crippen LogP contribution in [0.25, 0.3) is 0 Å². The molecule has 7 nitrogen and oxygen atoms in total. The summed E-state index contributed by atoms with van der Waals surface area (Å²) in [6, 6.07) is 0. The smallest absolute Gasteiger partial charge is 0.184 e. The van der Waals surface area contributed by atoms with Gasteiger partial charge in [0.05, 0.1) is 24.4 Å². The van der Waals surface area contributed by atoms with Gasteiger partial charge in [-0.1, -0.05) is 0 Å². The molecule has 0 spiro atoms. The Bertz CT molecular complexity index is 494. The molecule has 3 aliphatic heterocycles. The minimum absolute atomic E-state index is 0.0461. The normalized spacial score (nSPS) is 45.5. The number of rotatable bonds is 4. The predicted octanol–water partition coefficient (Wildman–Crippen LogP) is 1.67. The van der Waals surface area contributed by atoms with E-state index < -0.39 is 18.7 Å². The molecule has 0 aromatic carbocycles. The van der Waals surface area contributed by atoms with E-state index in [4.69, 9.17) is 23.7 Å². The van der Waals surface area contributed by atoms with Crippen LogP contribution in [0.5, 0.6) is 0 Å². The van der Waals surface area contributed by atoms with E-state index in [9.17, 15) is 9.90 Å². The Morgan fingerprint density at radius 2 is 1.64 bits per heavy atom. The zero-order valence-corrected chi connectivity index (χ0v) is 15.0. The Balaban J connectivity index is 1.46. The largest absolute Gasteiger partial charge is 0.368 e. The van der Waals surface area contributed by atoms with E-state index in [0.29, 0.717) is 12.8 Å². The van der Waals surface area contributed by atoms with Crippen molar-refractivity contribution in [1.29, 1.82) is 0 Å². The average molecular weight is 356 g/mol. The van der Waals surface area contributed by atoms with Gasteiger partial charge in [-0.15, -0.1) is 0 Å². The molecule has 3 rings (SSSR count). The molecule has 1 unspecified atom stereocenters. The van der Waals surface area contributed by atoms with Crippen LogP contribution in [0.15, 0.2) is 12.2 Å². The van der Waals surface area contributed by atoms with E-state index in [2.05, 4.69) is 0 Å². The van der Waals surface area contributed by atoms with Crippen molar-refractivity contribution >= 4 is 5.78 Å². The van der Waals surface area contributed by atoms with E-state index in [-0.39, 0.29) is 36.5 Å². The highest BCUT2D eigenvalue weighted by molar-refractivity contribution is 5.93. The number of hydrogen-bond donors (Lipinski definition) is 1. The van der Waals surface area contributed by atoms with Crippen molar-refractivity contribution in [1.82, 2.24) is 0 Å². The highest BCUT2D eigenvalue weighted by Gasteiger charge is 2.36. The topological polar surface area (TPSA) is 83.5 Å². The highest BCUT2D eigenvalue weighted by Crippen LogP contribution is 2.29. The molecule has 0 aromatic heterocycles. The van der Waals surface area contributed by atoms with Crippen molar-refractivity contribution in [2.24, 2.45) is 0 Å². The van der Waals surface area contributed by atoms with Crippen LogP contribution in [-0.2, 0) is 28.5 Å². The van der Waals surface area contributed by atoms with E-state index in [1.165, 1.54) is 6.08 Å². The minimum atomic E-state index is -0.698. The molecular weight excluding hydrogens is 328 g/mol. The molecule has 2 fully saturated rings. The summed E-state index contributed by atoms with van der Waals surface area (Å²) in [5.41, 5.74) is 0. The van der Waals surface area contributed by atoms with Crippen molar-refractivity contribution in [2.75, 3.05) is 0 Å². The van der Waals surface area contributed by atoms with Crippen molar-refractivity contribution in [3.63, 3.8) is 0 Å². The summed E-state index contributed by atoms with van der Waals surface area (Å²) < 4.78 is 28.9. The van der Waals surface area contributed by atoms with E-state index in [1.54, 1.807) is 13.0 Å². The van der Waals surface area contributed by atoms with Gasteiger partial charge in [0.15, 0.2) is 24.7 Å². The van der Waals surface area contributed by atoms with Gasteiger partial charge in [0, 0.05) is 12.8 Å². The lowest BCUT2D eigenvalue weighted by Gasteiger charge is -2.39. The van der Waals surface area contributed by atoms with Crippen LogP contribution in [0, 0.1) is 0 Å². The lowest BCUT2D eigenvalue weighted by atomic mass is 10.0. The second kappa shape index (κ2) is 8.24. The second-order valence-corrected chi connectivity index (χ2v) is 6.98. The Hall–Kier alpha value is -0.830. The zero-order valence-electron chi connectivity index (χ0n) is 15.0. The van der Waals surface area contributed by atoms with Crippen molar-refractivity contribution in [2.45, 2.75) is 95.8 Å². The Morgan fingerprint density at radius 1 is 0.960 bits per heavy atom. The van der Waals surface area contributed by atoms with Crippen LogP contribution in [-0.4, -0.2) is 60.3 Å². The van der Waals surface area contributed by atoms with Crippen LogP contribution >= 0.6 is 0 Å². The number of aliphatic hydroxyl groups is 1. The van der Waals surface area contributed by atoms with Gasteiger partial charge in [0.25, 0.3) is 0 Å². The molecule has 3 heterocycles. The minimum Gasteiger partial charge on any atom is -0.368 e. The third kappa shape index (κ3) is 4.87. The number of ketones is 1. The summed E-state index contributed by atoms with van der Waals surface area (Å²) in [6.45, 7) is 5.57. The van der Waals surface area contributed by atoms with E-state index in [1.807, 2.05) is 13.8 Å². The molecule has 0 radical (unpaired) electrons. The molecule has 7 heteroatoms. The number of ether oxygens (including phenoxy) is 5. The van der Waals surface area contributed by atoms with Crippen LogP contribution in [0.1, 0.15) is 46.5 Å². The van der Waals surface area contributed by atoms with Gasteiger partial charge in [-0.25, -0.2) is 0 Å². The Morgan fingerprint density at radius 3 is 2.32 bits per heavy atom. The maximum absolute atomic E-state index is 11.4. The fraction of sp³-hybridized carbons (Fsp3) is 0.833. The molecule has 0 saturated carbocycles. The summed E-state index contributed by atoms with van der Waals surface area (Å²) in [5.74, 6) is -0.0461. The first kappa shape index (κ1) is 18.9. The third-order valence-electron chi connectivity index (χ3n) is 4.96. The van der Waals surface area contributed by atoms with Crippen LogP contribution < -0.4 is 0 Å². The first-order chi connectivity index (χ1) is 11.9. The summed E-state index contributed by atoms with van der Waals surface area (Å²) >= 11 is 0. The molecule has 0 bridgehead atoms. The molecule has 142 valence electrons. The van der Waals surface area contributed by atoms with Gasteiger partial charge >= 0.3 is 0 Å². The van der Waals surface area contributed by atoms with Crippen molar-refractivity contribution < 1.29 is 33.6 Å². The maximum atomic E-state index is 11.4. The van der Waals surface area contributed by atoms with E-state index >= 15 is 0 Å². The molecule has 0 amide bonds. The third-order valence-corrected chi connectivity index (χ3v) is 4.96. The number of carbonyl (C=O) groups is 1. The van der Waals surface area contributed by atoms with Crippen molar-refractivity contribution in [3.05, 3.63) is 12.2 Å². The van der Waals surface area contributed by atoms with Gasteiger partial charge in [-0.05, 0) is 45.8 Å². The molecule has 3 aliphatic rings. The summed E-state index contributed by atoms with van der Waals surface area (Å²) in [6.07, 6.45) is 3.50. The fourth-order valence-electron chi connectivity index (χ4n) is 3.40. The zero-order chi connectivity index (χ0) is 18.0. The number of hydrogen-bond acceptors (Lipinski definition) is 7. The number of aliphatic hydroxyl groups excluding tert-OH is 1. The average Bonchev–Trinajstić information content (AvgIpc) is 2.56. The van der Waals surface area contributed by atoms with Gasteiger partial charge in [-0.3, -0.25) is 4.79 Å². The van der Waals surface area contributed by atoms with Crippen LogP contribution in [0.2, 0.25) is 0 Å². The summed E-state index contributed by atoms with van der Waals surface area (Å²) in [4.78, 5) is 11.4. The number of carbonyl (C=O) groups excluding carboxylic acids is 1. The lowest BCUT2D eigenvalue weighted by Crippen LogP contribution is -2.46. The van der Waals surface area contributed by atoms with Gasteiger partial charge in [0.1, 0.15) is 6.10 Å². The summed E-state index contributed by atoms with van der Waals surface area (Å²) in [5, 5.41) is 9.51. The molecule has 0 aliphatic carbocycles. The van der Waals surface area contributed by atoms with Crippen LogP contribution in [0.3, 0.4) is 0 Å². The molecule has 1 N–H and O–H groups in total. The van der Waals surface area contributed by atoms with Gasteiger partial charge in [-0.2, -0.15) is 0 Å². The highest BCUT2D eigenvalue weighted by atomic mass is 16.7. The Kier molecular flexibility index (Phi) is 6.25. The second-order valence-electron chi connectivity index (χ2n) is 6.98. The first-order valence-corrected chi connectivity index (χ1v) is 9.10. The summed E-state index contributed by atoms with van der Waals surface area (Å²) in [7, 11) is 0. The monoisotopic (exact) mass is 356 g/mol. The lowest BCUT2D eigenvalue weighted by molar-refractivity contribution is -0.288. The predicted molar refractivity (Wildman–Crippen MR) is 87.6 cm³/mol. The molecule has 0 aromatic rings. The SMILES string of the molecule is C[C@@H]1O[C@@H](O[C@H]2CC[C@H](O[C@H]3CCC(O)O[C@H]3C)O[C@H]2C)C=CC1=O. The maximum Gasteiger partial charge on any atom is 0.184 e. The molecular formula is C18H28O7. The molecule has 2 saturated heterocycles. The molecule has 25 heavy (non-hydrogen) atoms. The fourth-order valence-corrected chi connectivity index (χ4v) is 3.40. The Labute approximate surface area is 148 Å². The quantitative estimate of drug-likeness (QED) is 0.820.